The fraction of sp³-hybridized carbons (Fsp3) is 0.0870. The highest BCUT2D eigenvalue weighted by Gasteiger charge is 2.31. The zero-order chi connectivity index (χ0) is 28.3. The Bertz CT molecular complexity index is 1650. The number of benzene rings is 2. The Hall–Kier alpha value is -3.77. The van der Waals surface area contributed by atoms with Crippen molar-refractivity contribution in [3.05, 3.63) is 67.7 Å². The number of aromatic amines is 1. The molecule has 2 aromatic carbocycles. The molecule has 0 radical (unpaired) electrons. The summed E-state index contributed by atoms with van der Waals surface area (Å²) in [7, 11) is 0. The van der Waals surface area contributed by atoms with E-state index in [1.54, 1.807) is 23.6 Å². The van der Waals surface area contributed by atoms with E-state index in [2.05, 4.69) is 25.0 Å². The monoisotopic (exact) mass is 612 g/mol. The second-order valence-corrected chi connectivity index (χ2v) is 10.1. The first-order chi connectivity index (χ1) is 18.4. The average Bonchev–Trinajstić information content (AvgIpc) is 3.33. The first-order valence-corrected chi connectivity index (χ1v) is 13.1. The highest BCUT2D eigenvalue weighted by atomic mass is 35.5. The number of nitrogens with zero attached hydrogens (tertiary/aromatic N) is 3. The van der Waals surface area contributed by atoms with Crippen molar-refractivity contribution in [2.45, 2.75) is 11.5 Å². The highest BCUT2D eigenvalue weighted by Crippen LogP contribution is 2.35. The molecule has 4 rings (SSSR count). The number of halogens is 5. The number of hydrogen-bond acceptors (Lipinski definition) is 9. The molecule has 2 aromatic heterocycles. The van der Waals surface area contributed by atoms with Gasteiger partial charge in [0.2, 0.25) is 5.91 Å². The van der Waals surface area contributed by atoms with Crippen LogP contribution in [0.5, 0.6) is 5.75 Å². The summed E-state index contributed by atoms with van der Waals surface area (Å²) in [5.74, 6) is -1.24. The predicted octanol–water partition coefficient (Wildman–Crippen LogP) is 5.95. The Kier molecular flexibility index (Phi) is 8.36. The minimum atomic E-state index is -4.93. The Balaban J connectivity index is 1.48. The van der Waals surface area contributed by atoms with Crippen molar-refractivity contribution in [1.29, 1.82) is 5.26 Å². The molecule has 0 bridgehead atoms. The molecule has 4 aromatic rings. The van der Waals surface area contributed by atoms with Gasteiger partial charge in [0.15, 0.2) is 10.3 Å². The van der Waals surface area contributed by atoms with Crippen LogP contribution in [0.25, 0.3) is 22.5 Å². The third-order valence-corrected chi connectivity index (χ3v) is 7.07. The molecule has 2 heterocycles. The van der Waals surface area contributed by atoms with Gasteiger partial charge in [0.05, 0.1) is 32.9 Å². The van der Waals surface area contributed by atoms with Gasteiger partial charge in [-0.15, -0.1) is 24.5 Å². The van der Waals surface area contributed by atoms with Crippen LogP contribution in [0.2, 0.25) is 10.0 Å². The first-order valence-electron chi connectivity index (χ1n) is 10.5. The molecule has 0 unspecified atom stereocenters. The Morgan fingerprint density at radius 3 is 2.59 bits per heavy atom. The number of nitrogens with one attached hydrogen (secondary N) is 2. The standard InChI is InChI=1S/C23H13Cl2F3N6O3S2/c24-14-5-11(6-15(25)18(14)30)16-8-38-21(31-16)32-17(35)9-39-22-33-19(13(7-29)20(36)34-22)10-2-1-3-12(4-10)37-23(26,27)28/h1-6,8H,9,30H2,(H,31,32,35)(H,33,34,36). The van der Waals surface area contributed by atoms with Crippen molar-refractivity contribution in [1.82, 2.24) is 15.0 Å². The summed E-state index contributed by atoms with van der Waals surface area (Å²) < 4.78 is 41.7. The number of ether oxygens (including phenoxy) is 1. The molecule has 39 heavy (non-hydrogen) atoms. The van der Waals surface area contributed by atoms with Crippen LogP contribution in [0.1, 0.15) is 5.56 Å². The Morgan fingerprint density at radius 1 is 1.21 bits per heavy atom. The van der Waals surface area contributed by atoms with Crippen LogP contribution in [0, 0.1) is 11.3 Å². The zero-order valence-electron chi connectivity index (χ0n) is 19.1. The third kappa shape index (κ3) is 7.01. The molecule has 0 saturated heterocycles. The summed E-state index contributed by atoms with van der Waals surface area (Å²) in [6, 6.07) is 9.57. The number of nitrogen functional groups attached to an aromatic ring is 1. The molecule has 0 spiro atoms. The van der Waals surface area contributed by atoms with Crippen LogP contribution < -0.4 is 21.3 Å². The van der Waals surface area contributed by atoms with Crippen LogP contribution >= 0.6 is 46.3 Å². The number of carbonyl (C=O) groups is 1. The molecule has 0 atom stereocenters. The molecule has 200 valence electrons. The van der Waals surface area contributed by atoms with Crippen LogP contribution in [0.15, 0.2) is 51.7 Å². The summed E-state index contributed by atoms with van der Waals surface area (Å²) in [6.07, 6.45) is -4.93. The van der Waals surface area contributed by atoms with Crippen molar-refractivity contribution in [2.75, 3.05) is 16.8 Å². The number of anilines is 2. The average molecular weight is 613 g/mol. The Labute approximate surface area is 235 Å². The van der Waals surface area contributed by atoms with Gasteiger partial charge in [0.25, 0.3) is 5.56 Å². The fourth-order valence-corrected chi connectivity index (χ4v) is 5.04. The largest absolute Gasteiger partial charge is 0.573 e. The number of nitrogens with two attached hydrogens (primary N) is 1. The van der Waals surface area contributed by atoms with Gasteiger partial charge in [-0.25, -0.2) is 9.97 Å². The molecule has 16 heteroatoms. The molecular weight excluding hydrogens is 600 g/mol. The van der Waals surface area contributed by atoms with E-state index in [0.29, 0.717) is 11.3 Å². The van der Waals surface area contributed by atoms with Gasteiger partial charge in [-0.2, -0.15) is 5.26 Å². The van der Waals surface area contributed by atoms with Gasteiger partial charge in [0, 0.05) is 16.5 Å². The van der Waals surface area contributed by atoms with Gasteiger partial charge in [-0.1, -0.05) is 47.1 Å². The number of thioether (sulfide) groups is 1. The molecule has 0 aliphatic carbocycles. The number of H-pyrrole nitrogens is 1. The summed E-state index contributed by atoms with van der Waals surface area (Å²) in [5.41, 5.74) is 5.74. The van der Waals surface area contributed by atoms with Crippen LogP contribution in [-0.2, 0) is 4.79 Å². The van der Waals surface area contributed by atoms with Gasteiger partial charge in [-0.3, -0.25) is 9.59 Å². The lowest BCUT2D eigenvalue weighted by Gasteiger charge is -2.11. The van der Waals surface area contributed by atoms with E-state index in [0.717, 1.165) is 35.2 Å². The van der Waals surface area contributed by atoms with E-state index < -0.39 is 29.1 Å². The number of carbonyl (C=O) groups excluding carboxylic acids is 1. The molecular formula is C23H13Cl2F3N6O3S2. The van der Waals surface area contributed by atoms with Crippen molar-refractivity contribution in [2.24, 2.45) is 0 Å². The van der Waals surface area contributed by atoms with Gasteiger partial charge in [0.1, 0.15) is 17.4 Å². The number of aromatic nitrogens is 3. The van der Waals surface area contributed by atoms with Crippen molar-refractivity contribution in [3.63, 3.8) is 0 Å². The summed E-state index contributed by atoms with van der Waals surface area (Å²) >= 11 is 14.1. The lowest BCUT2D eigenvalue weighted by atomic mass is 10.1. The van der Waals surface area contributed by atoms with E-state index in [-0.39, 0.29) is 43.0 Å². The number of nitriles is 1. The van der Waals surface area contributed by atoms with Gasteiger partial charge in [-0.05, 0) is 24.3 Å². The highest BCUT2D eigenvalue weighted by molar-refractivity contribution is 7.99. The minimum Gasteiger partial charge on any atom is -0.406 e. The first kappa shape index (κ1) is 28.2. The van der Waals surface area contributed by atoms with E-state index in [9.17, 15) is 28.0 Å². The van der Waals surface area contributed by atoms with E-state index in [1.807, 2.05) is 0 Å². The van der Waals surface area contributed by atoms with Gasteiger partial charge < -0.3 is 20.8 Å². The summed E-state index contributed by atoms with van der Waals surface area (Å²) in [6.45, 7) is 0. The van der Waals surface area contributed by atoms with Crippen molar-refractivity contribution < 1.29 is 22.7 Å². The predicted molar refractivity (Wildman–Crippen MR) is 143 cm³/mol. The smallest absolute Gasteiger partial charge is 0.406 e. The normalized spacial score (nSPS) is 11.2. The quantitative estimate of drug-likeness (QED) is 0.132. The topological polar surface area (TPSA) is 147 Å². The van der Waals surface area contributed by atoms with Crippen molar-refractivity contribution >= 4 is 63.0 Å². The lowest BCUT2D eigenvalue weighted by molar-refractivity contribution is -0.274. The SMILES string of the molecule is N#Cc1c(-c2cccc(OC(F)(F)F)c2)nc(SCC(=O)Nc2nc(-c3cc(Cl)c(N)c(Cl)c3)cs2)[nH]c1=O. The number of thiazole rings is 1. The van der Waals surface area contributed by atoms with E-state index >= 15 is 0 Å². The maximum atomic E-state index is 12.6. The minimum absolute atomic E-state index is 0.0303. The molecule has 0 saturated carbocycles. The fourth-order valence-electron chi connectivity index (χ4n) is 3.16. The Morgan fingerprint density at radius 2 is 1.92 bits per heavy atom. The number of rotatable bonds is 7. The van der Waals surface area contributed by atoms with Crippen molar-refractivity contribution in [3.8, 4) is 34.3 Å². The molecule has 0 aliphatic heterocycles. The van der Waals surface area contributed by atoms with E-state index in [1.165, 1.54) is 12.1 Å². The second-order valence-electron chi connectivity index (χ2n) is 7.51. The lowest BCUT2D eigenvalue weighted by Crippen LogP contribution is -2.18. The zero-order valence-corrected chi connectivity index (χ0v) is 22.2. The van der Waals surface area contributed by atoms with Crippen LogP contribution in [0.3, 0.4) is 0 Å². The summed E-state index contributed by atoms with van der Waals surface area (Å²) in [5, 5.41) is 14.5. The maximum absolute atomic E-state index is 12.6. The molecule has 0 fully saturated rings. The summed E-state index contributed by atoms with van der Waals surface area (Å²) in [4.78, 5) is 35.8. The molecule has 4 N–H and O–H groups in total. The molecule has 0 aliphatic rings. The van der Waals surface area contributed by atoms with Crippen LogP contribution in [0.4, 0.5) is 24.0 Å². The van der Waals surface area contributed by atoms with Gasteiger partial charge >= 0.3 is 6.36 Å². The number of alkyl halides is 3. The van der Waals surface area contributed by atoms with Crippen LogP contribution in [-0.4, -0.2) is 33.0 Å². The molecule has 1 amide bonds. The third-order valence-electron chi connectivity index (χ3n) is 4.82. The van der Waals surface area contributed by atoms with E-state index in [4.69, 9.17) is 28.9 Å². The number of hydrogen-bond donors (Lipinski definition) is 3. The maximum Gasteiger partial charge on any atom is 0.573 e. The second kappa shape index (κ2) is 11.5. The molecule has 9 nitrogen and oxygen atoms in total. The number of amides is 1.